The van der Waals surface area contributed by atoms with Crippen LogP contribution < -0.4 is 0 Å². The summed E-state index contributed by atoms with van der Waals surface area (Å²) >= 11 is -5.01. The third-order valence-corrected chi connectivity index (χ3v) is 49.8. The zero-order valence-electron chi connectivity index (χ0n) is 26.6. The molecular weight excluding hydrogens is 627 g/mol. The first-order valence-corrected chi connectivity index (χ1v) is 27.9. The van der Waals surface area contributed by atoms with E-state index in [2.05, 4.69) is 148 Å². The zero-order chi connectivity index (χ0) is 31.0. The molecule has 4 aromatic rings. The standard InChI is InChI=1S/2C19H19.C2H7Si.2ClH.Ti/c2*1-2-8-16-14-17-11-6-7-12-18(17)19(16)13-15-9-4-3-5-10-15;1-3-2;;;/h2*3-7,9-12,14H,2,8,13H2,1H3;3H,1-2H3;2*1H;/q;;;;;+2/p-2. The number of allylic oxidation sites excluding steroid dienone is 2. The van der Waals surface area contributed by atoms with Crippen LogP contribution in [-0.4, -0.2) is 6.66 Å². The first kappa shape index (κ1) is 31.8. The van der Waals surface area contributed by atoms with E-state index in [-0.39, 0.29) is 0 Å². The maximum absolute atomic E-state index is 9.21. The third kappa shape index (κ3) is 4.49. The van der Waals surface area contributed by atoms with Crippen LogP contribution in [0, 0.1) is 0 Å². The van der Waals surface area contributed by atoms with Gasteiger partial charge in [-0.1, -0.05) is 0 Å². The fourth-order valence-electron chi connectivity index (χ4n) is 9.08. The quantitative estimate of drug-likeness (QED) is 0.139. The molecule has 0 saturated carbocycles. The molecule has 0 spiro atoms. The molecule has 0 fully saturated rings. The fourth-order valence-corrected chi connectivity index (χ4v) is 36.2. The van der Waals surface area contributed by atoms with E-state index < -0.39 is 26.5 Å². The topological polar surface area (TPSA) is 0 Å². The van der Waals surface area contributed by atoms with E-state index in [9.17, 15) is 18.6 Å². The molecule has 0 nitrogen and oxygen atoms in total. The fraction of sp³-hybridized carbons (Fsp3) is 0.300. The van der Waals surface area contributed by atoms with Gasteiger partial charge in [0.1, 0.15) is 0 Å². The van der Waals surface area contributed by atoms with Gasteiger partial charge in [-0.3, -0.25) is 0 Å². The van der Waals surface area contributed by atoms with Crippen molar-refractivity contribution in [2.45, 2.75) is 72.9 Å². The Morgan fingerprint density at radius 3 is 1.27 bits per heavy atom. The number of benzene rings is 4. The van der Waals surface area contributed by atoms with Gasteiger partial charge in [-0.2, -0.15) is 0 Å². The van der Waals surface area contributed by atoms with E-state index in [0.29, 0.717) is 0 Å². The molecule has 0 aromatic heterocycles. The normalized spacial score (nSPS) is 21.8. The van der Waals surface area contributed by atoms with Gasteiger partial charge in [0.15, 0.2) is 0 Å². The van der Waals surface area contributed by atoms with Gasteiger partial charge in [0.2, 0.25) is 0 Å². The molecule has 0 radical (unpaired) electrons. The van der Waals surface area contributed by atoms with Crippen molar-refractivity contribution in [2.75, 3.05) is 0 Å². The Kier molecular flexibility index (Phi) is 8.85. The summed E-state index contributed by atoms with van der Waals surface area (Å²) in [6, 6.07) is 40.3. The summed E-state index contributed by atoms with van der Waals surface area (Å²) in [5.74, 6) is 0. The first-order valence-electron chi connectivity index (χ1n) is 16.5. The molecule has 6 rings (SSSR count). The maximum atomic E-state index is 9.21. The van der Waals surface area contributed by atoms with E-state index in [0.717, 1.165) is 38.5 Å². The summed E-state index contributed by atoms with van der Waals surface area (Å²) in [7, 11) is 18.4. The molecule has 2 aliphatic rings. The van der Waals surface area contributed by atoms with Crippen LogP contribution in [0.15, 0.2) is 120 Å². The van der Waals surface area contributed by atoms with Crippen molar-refractivity contribution in [2.24, 2.45) is 0 Å². The van der Waals surface area contributed by atoms with Crippen molar-refractivity contribution >= 4 is 37.4 Å². The van der Waals surface area contributed by atoms with Gasteiger partial charge in [-0.25, -0.2) is 0 Å². The van der Waals surface area contributed by atoms with Gasteiger partial charge < -0.3 is 0 Å². The molecule has 0 aliphatic heterocycles. The predicted octanol–water partition coefficient (Wildman–Crippen LogP) is 11.6. The minimum absolute atomic E-state index is 0.451. The number of hydrogen-bond acceptors (Lipinski definition) is 0. The van der Waals surface area contributed by atoms with E-state index in [1.807, 2.05) is 0 Å². The number of halogens is 2. The molecular formula is C40H45Cl2SiTi. The van der Waals surface area contributed by atoms with Crippen LogP contribution in [0.2, 0.25) is 13.1 Å². The molecule has 0 heterocycles. The van der Waals surface area contributed by atoms with Crippen molar-refractivity contribution in [1.29, 1.82) is 0 Å². The molecule has 4 aromatic carbocycles. The Morgan fingerprint density at radius 1 is 0.545 bits per heavy atom. The number of fused-ring (bicyclic) bond motifs is 2. The Balaban J connectivity index is 1.80. The second-order valence-electron chi connectivity index (χ2n) is 13.4. The first-order chi connectivity index (χ1) is 21.2. The number of hydrogen-bond donors (Lipinski definition) is 0. The average molecular weight is 673 g/mol. The monoisotopic (exact) mass is 671 g/mol. The summed E-state index contributed by atoms with van der Waals surface area (Å²) in [5.41, 5.74) is 10.9. The van der Waals surface area contributed by atoms with Gasteiger partial charge in [-0.15, -0.1) is 0 Å². The van der Waals surface area contributed by atoms with Crippen LogP contribution in [0.5, 0.6) is 0 Å². The molecule has 2 aliphatic carbocycles. The summed E-state index contributed by atoms with van der Waals surface area (Å²) in [6.45, 7) is 7.75. The molecule has 2 atom stereocenters. The third-order valence-electron chi connectivity index (χ3n) is 10.8. The van der Waals surface area contributed by atoms with Crippen LogP contribution in [-0.2, 0) is 32.7 Å². The molecule has 0 saturated heterocycles. The van der Waals surface area contributed by atoms with Crippen molar-refractivity contribution in [3.05, 3.63) is 154 Å². The van der Waals surface area contributed by atoms with Crippen LogP contribution in [0.1, 0.15) is 72.9 Å². The Hall–Kier alpha value is -2.13. The molecule has 0 bridgehead atoms. The van der Waals surface area contributed by atoms with Gasteiger partial charge in [0.05, 0.1) is 0 Å². The van der Waals surface area contributed by atoms with E-state index in [1.54, 1.807) is 0 Å². The Labute approximate surface area is 274 Å². The second kappa shape index (κ2) is 12.2. The van der Waals surface area contributed by atoms with Crippen molar-refractivity contribution < 1.29 is 12.4 Å². The Morgan fingerprint density at radius 2 is 0.909 bits per heavy atom. The molecule has 0 amide bonds. The van der Waals surface area contributed by atoms with E-state index >= 15 is 0 Å². The van der Waals surface area contributed by atoms with Gasteiger partial charge in [0.25, 0.3) is 0 Å². The molecule has 2 unspecified atom stereocenters. The summed E-state index contributed by atoms with van der Waals surface area (Å²) in [5, 5.41) is 0. The Bertz CT molecular complexity index is 1590. The minimum atomic E-state index is -5.01. The van der Waals surface area contributed by atoms with Crippen LogP contribution >= 0.6 is 18.6 Å². The van der Waals surface area contributed by atoms with E-state index in [4.69, 9.17) is 0 Å². The molecule has 44 heavy (non-hydrogen) atoms. The van der Waals surface area contributed by atoms with Crippen LogP contribution in [0.25, 0.3) is 12.2 Å². The average Bonchev–Trinajstić information content (AvgIpc) is 3.52. The van der Waals surface area contributed by atoms with E-state index in [1.165, 1.54) is 44.5 Å². The summed E-state index contributed by atoms with van der Waals surface area (Å²) < 4.78 is -0.901. The molecule has 4 heteroatoms. The second-order valence-corrected chi connectivity index (χ2v) is 42.2. The van der Waals surface area contributed by atoms with Crippen LogP contribution in [0.4, 0.5) is 0 Å². The SMILES string of the molecule is CCCC1=Cc2ccccc2[C]1(Cc1ccccc1)[Ti]([Cl])([Cl])([SiH](C)C)[C]1(Cc2ccccc2)C(CCC)=Cc2ccccc21. The summed E-state index contributed by atoms with van der Waals surface area (Å²) in [6.07, 6.45) is 10.8. The van der Waals surface area contributed by atoms with Gasteiger partial charge in [0, 0.05) is 0 Å². The van der Waals surface area contributed by atoms with Crippen molar-refractivity contribution in [3.63, 3.8) is 0 Å². The number of rotatable bonds is 11. The molecule has 227 valence electrons. The van der Waals surface area contributed by atoms with Crippen molar-refractivity contribution in [1.82, 2.24) is 0 Å². The van der Waals surface area contributed by atoms with Gasteiger partial charge >= 0.3 is 276 Å². The van der Waals surface area contributed by atoms with Crippen molar-refractivity contribution in [3.8, 4) is 0 Å². The summed E-state index contributed by atoms with van der Waals surface area (Å²) in [4.78, 5) is 0. The van der Waals surface area contributed by atoms with Crippen LogP contribution in [0.3, 0.4) is 0 Å². The predicted molar refractivity (Wildman–Crippen MR) is 193 cm³/mol. The zero-order valence-corrected chi connectivity index (χ0v) is 30.9. The van der Waals surface area contributed by atoms with Gasteiger partial charge in [-0.05, 0) is 0 Å². The molecule has 0 N–H and O–H groups in total.